The van der Waals surface area contributed by atoms with E-state index >= 15 is 0 Å². The van der Waals surface area contributed by atoms with Gasteiger partial charge in [0.25, 0.3) is 0 Å². The van der Waals surface area contributed by atoms with Gasteiger partial charge < -0.3 is 20.7 Å². The second kappa shape index (κ2) is 9.84. The Hall–Kier alpha value is -4.54. The van der Waals surface area contributed by atoms with Crippen molar-refractivity contribution >= 4 is 34.3 Å². The number of aromatic carboxylic acids is 2. The van der Waals surface area contributed by atoms with Gasteiger partial charge in [-0.2, -0.15) is 0 Å². The van der Waals surface area contributed by atoms with Crippen LogP contribution < -0.4 is 10.5 Å². The van der Waals surface area contributed by atoms with Crippen LogP contribution in [0.5, 0.6) is 5.75 Å². The summed E-state index contributed by atoms with van der Waals surface area (Å²) < 4.78 is 7.66. The van der Waals surface area contributed by atoms with Crippen LogP contribution >= 0.6 is 11.3 Å². The molecule has 0 radical (unpaired) electrons. The van der Waals surface area contributed by atoms with Crippen LogP contribution in [0.15, 0.2) is 66.3 Å². The van der Waals surface area contributed by atoms with Gasteiger partial charge in [-0.25, -0.2) is 19.6 Å². The van der Waals surface area contributed by atoms with Crippen LogP contribution in [0.2, 0.25) is 0 Å². The van der Waals surface area contributed by atoms with Crippen molar-refractivity contribution in [3.8, 4) is 33.3 Å². The molecule has 0 saturated heterocycles. The van der Waals surface area contributed by atoms with Gasteiger partial charge in [-0.3, -0.25) is 4.57 Å². The van der Waals surface area contributed by atoms with Gasteiger partial charge in [-0.1, -0.05) is 29.8 Å². The van der Waals surface area contributed by atoms with E-state index in [0.717, 1.165) is 21.8 Å². The Morgan fingerprint density at radius 1 is 1.03 bits per heavy atom. The number of thiazole rings is 1. The number of imidazole rings is 1. The van der Waals surface area contributed by atoms with E-state index in [4.69, 9.17) is 15.5 Å². The van der Waals surface area contributed by atoms with Gasteiger partial charge in [-0.05, 0) is 31.2 Å². The van der Waals surface area contributed by atoms with Gasteiger partial charge in [0, 0.05) is 23.6 Å². The highest BCUT2D eigenvalue weighted by Gasteiger charge is 2.20. The zero-order chi connectivity index (χ0) is 26.1. The first-order chi connectivity index (χ1) is 17.9. The minimum atomic E-state index is -1.33. The van der Waals surface area contributed by atoms with Crippen LogP contribution in [-0.2, 0) is 0 Å². The van der Waals surface area contributed by atoms with Crippen LogP contribution in [0.25, 0.3) is 38.5 Å². The highest BCUT2D eigenvalue weighted by Crippen LogP contribution is 2.37. The Morgan fingerprint density at radius 2 is 1.76 bits per heavy atom. The molecule has 2 aromatic heterocycles. The number of hydrogen-bond acceptors (Lipinski definition) is 7. The lowest BCUT2D eigenvalue weighted by atomic mass is 10.1. The second-order valence-corrected chi connectivity index (χ2v) is 9.19. The Kier molecular flexibility index (Phi) is 6.43. The molecule has 0 bridgehead atoms. The number of carbonyl (C=O) groups is 2. The summed E-state index contributed by atoms with van der Waals surface area (Å²) in [5.74, 6) is -2.10. The Labute approximate surface area is 215 Å². The zero-order valence-corrected chi connectivity index (χ0v) is 20.5. The fourth-order valence-corrected chi connectivity index (χ4v) is 4.85. The number of carboxylic acid groups (broad SMARTS) is 2. The molecule has 0 aliphatic carbocycles. The number of hydrogen-bond donors (Lipinski definition) is 3. The number of nitrogens with zero attached hydrogens (tertiary/aromatic N) is 3. The first-order valence-electron chi connectivity index (χ1n) is 11.3. The smallest absolute Gasteiger partial charge is 0.336 e. The molecule has 0 aliphatic rings. The van der Waals surface area contributed by atoms with E-state index in [2.05, 4.69) is 4.98 Å². The molecule has 0 unspecified atom stereocenters. The lowest BCUT2D eigenvalue weighted by molar-refractivity contribution is 0.0652. The summed E-state index contributed by atoms with van der Waals surface area (Å²) in [7, 11) is 0. The summed E-state index contributed by atoms with van der Waals surface area (Å²) in [4.78, 5) is 32.4. The molecule has 5 aromatic rings. The van der Waals surface area contributed by atoms with Crippen LogP contribution in [0.3, 0.4) is 0 Å². The zero-order valence-electron chi connectivity index (χ0n) is 19.7. The summed E-state index contributed by atoms with van der Waals surface area (Å²) >= 11 is 1.50. The largest absolute Gasteiger partial charge is 0.491 e. The molecule has 0 amide bonds. The van der Waals surface area contributed by atoms with Crippen molar-refractivity contribution in [3.05, 3.63) is 83.0 Å². The minimum absolute atomic E-state index is 0.294. The molecule has 0 atom stereocenters. The van der Waals surface area contributed by atoms with E-state index in [1.54, 1.807) is 4.57 Å². The number of benzene rings is 3. The number of aryl methyl sites for hydroxylation is 1. The third kappa shape index (κ3) is 4.67. The Morgan fingerprint density at radius 3 is 2.46 bits per heavy atom. The van der Waals surface area contributed by atoms with E-state index in [0.29, 0.717) is 35.6 Å². The van der Waals surface area contributed by atoms with Crippen molar-refractivity contribution in [1.82, 2.24) is 14.5 Å². The SMILES string of the molecule is Cc1ccc(-c2csc(-c3ccc(-n4cnc5cc(C(=O)O)c(C(=O)O)cc54)cc3OCCN)n2)cc1. The number of fused-ring (bicyclic) bond motifs is 1. The standard InChI is InChI=1S/C27H22N4O5S/c1-15-2-4-16(5-3-15)22-13-37-25(30-22)18-7-6-17(10-24(18)36-9-8-28)31-14-29-21-11-19(26(32)33)20(27(34)35)12-23(21)31/h2-7,10-14H,8-9,28H2,1H3,(H,32,33)(H,34,35). The number of rotatable bonds is 8. The first-order valence-corrected chi connectivity index (χ1v) is 12.2. The molecule has 4 N–H and O–H groups in total. The molecule has 10 heteroatoms. The van der Waals surface area contributed by atoms with Crippen molar-refractivity contribution < 1.29 is 24.5 Å². The molecule has 0 spiro atoms. The van der Waals surface area contributed by atoms with Crippen molar-refractivity contribution in [3.63, 3.8) is 0 Å². The second-order valence-electron chi connectivity index (χ2n) is 8.33. The van der Waals surface area contributed by atoms with Crippen LogP contribution in [0.4, 0.5) is 0 Å². The van der Waals surface area contributed by atoms with Crippen molar-refractivity contribution in [2.24, 2.45) is 5.73 Å². The molecule has 37 heavy (non-hydrogen) atoms. The van der Waals surface area contributed by atoms with Gasteiger partial charge in [-0.15, -0.1) is 11.3 Å². The number of carboxylic acids is 2. The average Bonchev–Trinajstić information content (AvgIpc) is 3.54. The predicted octanol–water partition coefficient (Wildman–Crippen LogP) is 4.86. The molecule has 0 aliphatic heterocycles. The molecule has 186 valence electrons. The monoisotopic (exact) mass is 514 g/mol. The summed E-state index contributed by atoms with van der Waals surface area (Å²) in [6.07, 6.45) is 1.52. The lowest BCUT2D eigenvalue weighted by Gasteiger charge is -2.13. The summed E-state index contributed by atoms with van der Waals surface area (Å²) in [5, 5.41) is 21.7. The fourth-order valence-electron chi connectivity index (χ4n) is 4.00. The summed E-state index contributed by atoms with van der Waals surface area (Å²) in [5.41, 5.74) is 10.4. The highest BCUT2D eigenvalue weighted by molar-refractivity contribution is 7.13. The molecule has 0 fully saturated rings. The van der Waals surface area contributed by atoms with Gasteiger partial charge in [0.05, 0.1) is 39.1 Å². The quantitative estimate of drug-likeness (QED) is 0.267. The number of aromatic nitrogens is 3. The van der Waals surface area contributed by atoms with E-state index in [1.165, 1.54) is 35.4 Å². The maximum absolute atomic E-state index is 11.7. The molecule has 9 nitrogen and oxygen atoms in total. The highest BCUT2D eigenvalue weighted by atomic mass is 32.1. The van der Waals surface area contributed by atoms with E-state index in [9.17, 15) is 19.8 Å². The molecule has 5 rings (SSSR count). The minimum Gasteiger partial charge on any atom is -0.491 e. The maximum Gasteiger partial charge on any atom is 0.336 e. The molecule has 3 aromatic carbocycles. The third-order valence-corrected chi connectivity index (χ3v) is 6.72. The summed E-state index contributed by atoms with van der Waals surface area (Å²) in [6.45, 7) is 2.66. The molecular weight excluding hydrogens is 492 g/mol. The van der Waals surface area contributed by atoms with E-state index < -0.39 is 11.9 Å². The Balaban J connectivity index is 1.58. The normalized spacial score (nSPS) is 11.1. The number of nitrogens with two attached hydrogens (primary N) is 1. The van der Waals surface area contributed by atoms with Gasteiger partial charge in [0.1, 0.15) is 23.7 Å². The van der Waals surface area contributed by atoms with Crippen LogP contribution in [0, 0.1) is 6.92 Å². The number of ether oxygens (including phenoxy) is 1. The molecule has 2 heterocycles. The average molecular weight is 515 g/mol. The maximum atomic E-state index is 11.7. The third-order valence-electron chi connectivity index (χ3n) is 5.85. The van der Waals surface area contributed by atoms with Crippen LogP contribution in [-0.4, -0.2) is 49.8 Å². The van der Waals surface area contributed by atoms with Crippen molar-refractivity contribution in [1.29, 1.82) is 0 Å². The first kappa shape index (κ1) is 24.2. The van der Waals surface area contributed by atoms with Gasteiger partial charge >= 0.3 is 11.9 Å². The van der Waals surface area contributed by atoms with Crippen LogP contribution in [0.1, 0.15) is 26.3 Å². The van der Waals surface area contributed by atoms with Crippen molar-refractivity contribution in [2.75, 3.05) is 13.2 Å². The van der Waals surface area contributed by atoms with E-state index in [1.807, 2.05) is 54.8 Å². The lowest BCUT2D eigenvalue weighted by Crippen LogP contribution is -2.11. The predicted molar refractivity (Wildman–Crippen MR) is 141 cm³/mol. The molecular formula is C27H22N4O5S. The van der Waals surface area contributed by atoms with Gasteiger partial charge in [0.15, 0.2) is 0 Å². The Bertz CT molecular complexity index is 1640. The fraction of sp³-hybridized carbons (Fsp3) is 0.111. The van der Waals surface area contributed by atoms with E-state index in [-0.39, 0.29) is 11.1 Å². The van der Waals surface area contributed by atoms with Crippen molar-refractivity contribution in [2.45, 2.75) is 6.92 Å². The molecule has 0 saturated carbocycles. The van der Waals surface area contributed by atoms with Gasteiger partial charge in [0.2, 0.25) is 0 Å². The topological polar surface area (TPSA) is 141 Å². The summed E-state index contributed by atoms with van der Waals surface area (Å²) in [6, 6.07) is 16.3.